The molecule has 0 radical (unpaired) electrons. The molecule has 1 fully saturated rings. The number of aryl methyl sites for hydroxylation is 1. The van der Waals surface area contributed by atoms with E-state index in [1.165, 1.54) is 11.2 Å². The molecule has 3 heterocycles. The van der Waals surface area contributed by atoms with Crippen LogP contribution in [0.4, 0.5) is 0 Å². The Bertz CT molecular complexity index is 1140. The van der Waals surface area contributed by atoms with Crippen molar-refractivity contribution in [2.75, 3.05) is 6.61 Å². The number of ketones is 1. The first-order valence-electron chi connectivity index (χ1n) is 11.1. The molecule has 1 atom stereocenters. The molecule has 2 aromatic heterocycles. The highest BCUT2D eigenvalue weighted by molar-refractivity contribution is 6.46. The van der Waals surface area contributed by atoms with E-state index in [1.807, 2.05) is 0 Å². The van der Waals surface area contributed by atoms with Crippen LogP contribution >= 0.6 is 0 Å². The summed E-state index contributed by atoms with van der Waals surface area (Å²) < 4.78 is 16.9. The lowest BCUT2D eigenvalue weighted by Gasteiger charge is -2.22. The Labute approximate surface area is 192 Å². The van der Waals surface area contributed by atoms with Crippen molar-refractivity contribution >= 4 is 17.4 Å². The fourth-order valence-electron chi connectivity index (χ4n) is 3.92. The summed E-state index contributed by atoms with van der Waals surface area (Å²) in [6.07, 6.45) is 4.69. The van der Waals surface area contributed by atoms with Crippen LogP contribution < -0.4 is 4.74 Å². The van der Waals surface area contributed by atoms with Gasteiger partial charge in [0, 0.05) is 5.56 Å². The number of benzene rings is 1. The van der Waals surface area contributed by atoms with Gasteiger partial charge in [0.2, 0.25) is 0 Å². The van der Waals surface area contributed by atoms with Crippen LogP contribution in [0.5, 0.6) is 5.75 Å². The molecule has 1 aliphatic rings. The highest BCUT2D eigenvalue weighted by Crippen LogP contribution is 2.41. The molecule has 33 heavy (non-hydrogen) atoms. The van der Waals surface area contributed by atoms with E-state index in [9.17, 15) is 14.7 Å². The molecule has 0 aliphatic carbocycles. The van der Waals surface area contributed by atoms with Gasteiger partial charge in [-0.1, -0.05) is 19.8 Å². The summed E-state index contributed by atoms with van der Waals surface area (Å²) in [7, 11) is 0. The van der Waals surface area contributed by atoms with E-state index in [-0.39, 0.29) is 17.9 Å². The first kappa shape index (κ1) is 22.5. The Morgan fingerprint density at radius 1 is 1.09 bits per heavy atom. The maximum absolute atomic E-state index is 13.0. The van der Waals surface area contributed by atoms with Gasteiger partial charge in [-0.3, -0.25) is 9.59 Å². The lowest BCUT2D eigenvalue weighted by molar-refractivity contribution is -0.140. The molecular formula is C26H27NO6. The minimum Gasteiger partial charge on any atom is -0.507 e. The summed E-state index contributed by atoms with van der Waals surface area (Å²) in [6.45, 7) is 4.60. The number of nitrogens with zero attached hydrogens (tertiary/aromatic N) is 1. The average molecular weight is 450 g/mol. The molecule has 1 unspecified atom stereocenters. The average Bonchev–Trinajstić information content (AvgIpc) is 3.54. The van der Waals surface area contributed by atoms with Crippen molar-refractivity contribution in [3.63, 3.8) is 0 Å². The minimum absolute atomic E-state index is 0.0162. The number of carbonyl (C=O) groups excluding carboxylic acids is 2. The predicted octanol–water partition coefficient (Wildman–Crippen LogP) is 5.37. The summed E-state index contributed by atoms with van der Waals surface area (Å²) in [5.41, 5.74) is 0.401. The molecule has 3 aromatic rings. The van der Waals surface area contributed by atoms with Crippen molar-refractivity contribution in [1.82, 2.24) is 4.90 Å². The number of rotatable bonds is 9. The Kier molecular flexibility index (Phi) is 6.68. The monoisotopic (exact) mass is 449 g/mol. The summed E-state index contributed by atoms with van der Waals surface area (Å²) in [4.78, 5) is 27.3. The maximum Gasteiger partial charge on any atom is 0.296 e. The van der Waals surface area contributed by atoms with Gasteiger partial charge in [0.1, 0.15) is 34.8 Å². The van der Waals surface area contributed by atoms with Gasteiger partial charge >= 0.3 is 0 Å². The number of carbonyl (C=O) groups is 2. The molecule has 0 saturated carbocycles. The third-order valence-corrected chi connectivity index (χ3v) is 5.62. The second-order valence-electron chi connectivity index (χ2n) is 8.03. The lowest BCUT2D eigenvalue weighted by Crippen LogP contribution is -2.28. The smallest absolute Gasteiger partial charge is 0.296 e. The van der Waals surface area contributed by atoms with Crippen molar-refractivity contribution in [2.45, 2.75) is 45.7 Å². The zero-order valence-corrected chi connectivity index (χ0v) is 18.7. The second kappa shape index (κ2) is 9.81. The lowest BCUT2D eigenvalue weighted by atomic mass is 9.99. The molecular weight excluding hydrogens is 422 g/mol. The van der Waals surface area contributed by atoms with Gasteiger partial charge in [-0.25, -0.2) is 0 Å². The SMILES string of the molecule is CCCCCOc1ccc(/C(O)=C2/C(=O)C(=O)N(Cc3ccco3)C2c2ccc(C)o2)cc1. The van der Waals surface area contributed by atoms with E-state index in [4.69, 9.17) is 13.6 Å². The number of furan rings is 2. The van der Waals surface area contributed by atoms with Crippen LogP contribution in [0.25, 0.3) is 5.76 Å². The summed E-state index contributed by atoms with van der Waals surface area (Å²) in [5, 5.41) is 11.1. The predicted molar refractivity (Wildman–Crippen MR) is 121 cm³/mol. The standard InChI is InChI=1S/C26H27NO6/c1-3-4-5-14-31-19-11-9-18(10-12-19)24(28)22-23(21-13-8-17(2)33-21)27(26(30)25(22)29)16-20-7-6-15-32-20/h6-13,15,23,28H,3-5,14,16H2,1-2H3/b24-22-. The minimum atomic E-state index is -0.867. The van der Waals surface area contributed by atoms with Crippen LogP contribution in [0.2, 0.25) is 0 Å². The number of Topliss-reactive ketones (excluding diaryl/α,β-unsaturated/α-hetero) is 1. The van der Waals surface area contributed by atoms with Gasteiger partial charge in [0.25, 0.3) is 11.7 Å². The van der Waals surface area contributed by atoms with Crippen molar-refractivity contribution in [2.24, 2.45) is 0 Å². The molecule has 0 bridgehead atoms. The van der Waals surface area contributed by atoms with Crippen molar-refractivity contribution in [1.29, 1.82) is 0 Å². The number of amides is 1. The topological polar surface area (TPSA) is 93.1 Å². The summed E-state index contributed by atoms with van der Waals surface area (Å²) in [5.74, 6) is 0.496. The Hall–Kier alpha value is -3.74. The van der Waals surface area contributed by atoms with E-state index < -0.39 is 17.7 Å². The highest BCUT2D eigenvalue weighted by atomic mass is 16.5. The number of likely N-dealkylation sites (tertiary alicyclic amines) is 1. The number of unbranched alkanes of at least 4 members (excludes halogenated alkanes) is 2. The first-order chi connectivity index (χ1) is 16.0. The molecule has 1 N–H and O–H groups in total. The van der Waals surface area contributed by atoms with Crippen LogP contribution in [0.1, 0.15) is 55.1 Å². The van der Waals surface area contributed by atoms with Crippen molar-refractivity contribution in [3.05, 3.63) is 83.2 Å². The first-order valence-corrected chi connectivity index (χ1v) is 11.1. The van der Waals surface area contributed by atoms with Gasteiger partial charge in [0.15, 0.2) is 0 Å². The summed E-state index contributed by atoms with van der Waals surface area (Å²) >= 11 is 0. The van der Waals surface area contributed by atoms with E-state index >= 15 is 0 Å². The molecule has 0 spiro atoms. The zero-order valence-electron chi connectivity index (χ0n) is 18.7. The van der Waals surface area contributed by atoms with Crippen molar-refractivity contribution < 1.29 is 28.3 Å². The Balaban J connectivity index is 1.67. The fourth-order valence-corrected chi connectivity index (χ4v) is 3.92. The maximum atomic E-state index is 13.0. The number of hydrogen-bond acceptors (Lipinski definition) is 6. The quantitative estimate of drug-likeness (QED) is 0.204. The third kappa shape index (κ3) is 4.72. The molecule has 1 amide bonds. The molecule has 1 aromatic carbocycles. The Morgan fingerprint density at radius 2 is 1.88 bits per heavy atom. The van der Waals surface area contributed by atoms with Crippen LogP contribution in [0.15, 0.2) is 69.2 Å². The summed E-state index contributed by atoms with van der Waals surface area (Å²) in [6, 6.07) is 12.9. The number of aliphatic hydroxyl groups is 1. The number of aliphatic hydroxyl groups excluding tert-OH is 1. The number of ether oxygens (including phenoxy) is 1. The zero-order chi connectivity index (χ0) is 23.4. The normalized spacial score (nSPS) is 17.6. The Morgan fingerprint density at radius 3 is 2.52 bits per heavy atom. The van der Waals surface area contributed by atoms with Crippen molar-refractivity contribution in [3.8, 4) is 5.75 Å². The fraction of sp³-hybridized carbons (Fsp3) is 0.308. The van der Waals surface area contributed by atoms with Gasteiger partial charge in [-0.15, -0.1) is 0 Å². The molecule has 172 valence electrons. The van der Waals surface area contributed by atoms with Crippen LogP contribution in [0, 0.1) is 6.92 Å². The van der Waals surface area contributed by atoms with Gasteiger partial charge in [0.05, 0.1) is 25.0 Å². The molecule has 1 saturated heterocycles. The van der Waals surface area contributed by atoms with E-state index in [2.05, 4.69) is 6.92 Å². The van der Waals surface area contributed by atoms with Crippen LogP contribution in [0.3, 0.4) is 0 Å². The molecule has 4 rings (SSSR count). The third-order valence-electron chi connectivity index (χ3n) is 5.62. The van der Waals surface area contributed by atoms with E-state index in [1.54, 1.807) is 55.5 Å². The van der Waals surface area contributed by atoms with Gasteiger partial charge in [-0.2, -0.15) is 0 Å². The van der Waals surface area contributed by atoms with Crippen LogP contribution in [-0.4, -0.2) is 28.3 Å². The van der Waals surface area contributed by atoms with Crippen LogP contribution in [-0.2, 0) is 16.1 Å². The molecule has 7 heteroatoms. The van der Waals surface area contributed by atoms with Gasteiger partial charge < -0.3 is 23.6 Å². The highest BCUT2D eigenvalue weighted by Gasteiger charge is 2.47. The van der Waals surface area contributed by atoms with Gasteiger partial charge in [-0.05, 0) is 61.9 Å². The molecule has 7 nitrogen and oxygen atoms in total. The number of hydrogen-bond donors (Lipinski definition) is 1. The largest absolute Gasteiger partial charge is 0.507 e. The second-order valence-corrected chi connectivity index (χ2v) is 8.03. The van der Waals surface area contributed by atoms with E-state index in [0.717, 1.165) is 19.3 Å². The molecule has 1 aliphatic heterocycles. The van der Waals surface area contributed by atoms with E-state index in [0.29, 0.717) is 35.2 Å².